The number of aliphatic carboxylic acids is 1. The van der Waals surface area contributed by atoms with E-state index in [-0.39, 0.29) is 30.5 Å². The molecule has 0 aliphatic carbocycles. The highest BCUT2D eigenvalue weighted by Gasteiger charge is 2.27. The average Bonchev–Trinajstić information content (AvgIpc) is 1.93. The van der Waals surface area contributed by atoms with Gasteiger partial charge in [0.15, 0.2) is 0 Å². The number of rotatable bonds is 2. The topological polar surface area (TPSA) is 58.6 Å². The second-order valence-corrected chi connectivity index (χ2v) is 3.80. The van der Waals surface area contributed by atoms with Gasteiger partial charge in [0.05, 0.1) is 19.1 Å². The van der Waals surface area contributed by atoms with Gasteiger partial charge in [-0.05, 0) is 13.8 Å². The minimum Gasteiger partial charge on any atom is -0.481 e. The first kappa shape index (κ1) is 12.7. The lowest BCUT2D eigenvalue weighted by molar-refractivity contribution is -0.141. The van der Waals surface area contributed by atoms with Gasteiger partial charge in [-0.3, -0.25) is 4.79 Å². The quantitative estimate of drug-likeness (QED) is 0.701. The molecule has 0 spiro atoms. The molecule has 5 heteroatoms. The molecule has 0 saturated carbocycles. The van der Waals surface area contributed by atoms with E-state index in [0.717, 1.165) is 0 Å². The van der Waals surface area contributed by atoms with Crippen LogP contribution >= 0.6 is 12.4 Å². The maximum Gasteiger partial charge on any atom is 0.306 e. The summed E-state index contributed by atoms with van der Waals surface area (Å²) in [5.74, 6) is -0.804. The van der Waals surface area contributed by atoms with Gasteiger partial charge in [0.2, 0.25) is 0 Å². The Morgan fingerprint density at radius 3 is 2.69 bits per heavy atom. The molecule has 1 aliphatic heterocycles. The molecule has 1 fully saturated rings. The summed E-state index contributed by atoms with van der Waals surface area (Å²) in [6.45, 7) is 5.26. The molecule has 0 aromatic rings. The molecule has 0 aromatic carbocycles. The number of halogens is 1. The third-order valence-corrected chi connectivity index (χ3v) is 1.89. The summed E-state index contributed by atoms with van der Waals surface area (Å²) in [4.78, 5) is 10.3. The molecule has 13 heavy (non-hydrogen) atoms. The highest BCUT2D eigenvalue weighted by Crippen LogP contribution is 2.12. The zero-order valence-electron chi connectivity index (χ0n) is 7.87. The van der Waals surface area contributed by atoms with Gasteiger partial charge in [-0.2, -0.15) is 0 Å². The number of ether oxygens (including phenoxy) is 1. The van der Waals surface area contributed by atoms with E-state index in [1.807, 2.05) is 13.8 Å². The van der Waals surface area contributed by atoms with Gasteiger partial charge in [-0.25, -0.2) is 0 Å². The van der Waals surface area contributed by atoms with E-state index >= 15 is 0 Å². The molecule has 0 bridgehead atoms. The SMILES string of the molecule is CC1(C)COC(CC(=O)O)CN1.Cl. The first-order valence-electron chi connectivity index (χ1n) is 4.08. The number of carboxylic acids is 1. The molecule has 1 rings (SSSR count). The van der Waals surface area contributed by atoms with Crippen LogP contribution < -0.4 is 5.32 Å². The predicted octanol–water partition coefficient (Wildman–Crippen LogP) is 0.650. The number of carbonyl (C=O) groups is 1. The van der Waals surface area contributed by atoms with Crippen molar-refractivity contribution in [1.82, 2.24) is 5.32 Å². The van der Waals surface area contributed by atoms with Gasteiger partial charge in [0, 0.05) is 12.1 Å². The molecule has 1 unspecified atom stereocenters. The maximum atomic E-state index is 10.3. The summed E-state index contributed by atoms with van der Waals surface area (Å²) >= 11 is 0. The van der Waals surface area contributed by atoms with Crippen LogP contribution in [0.3, 0.4) is 0 Å². The third-order valence-electron chi connectivity index (χ3n) is 1.89. The molecular formula is C8H16ClNO3. The lowest BCUT2D eigenvalue weighted by atomic mass is 10.0. The lowest BCUT2D eigenvalue weighted by Gasteiger charge is -2.35. The van der Waals surface area contributed by atoms with E-state index in [1.54, 1.807) is 0 Å². The molecule has 1 heterocycles. The van der Waals surface area contributed by atoms with Crippen LogP contribution in [0.25, 0.3) is 0 Å². The molecule has 1 aliphatic rings. The minimum absolute atomic E-state index is 0. The van der Waals surface area contributed by atoms with Crippen LogP contribution in [-0.2, 0) is 9.53 Å². The van der Waals surface area contributed by atoms with Crippen molar-refractivity contribution in [2.45, 2.75) is 31.9 Å². The van der Waals surface area contributed by atoms with Crippen molar-refractivity contribution in [1.29, 1.82) is 0 Å². The molecule has 2 N–H and O–H groups in total. The molecule has 0 amide bonds. The Bertz CT molecular complexity index is 174. The van der Waals surface area contributed by atoms with Crippen molar-refractivity contribution >= 4 is 18.4 Å². The highest BCUT2D eigenvalue weighted by atomic mass is 35.5. The minimum atomic E-state index is -0.804. The normalized spacial score (nSPS) is 26.2. The molecule has 4 nitrogen and oxygen atoms in total. The van der Waals surface area contributed by atoms with Crippen LogP contribution in [0.1, 0.15) is 20.3 Å². The van der Waals surface area contributed by atoms with Crippen molar-refractivity contribution in [2.24, 2.45) is 0 Å². The zero-order chi connectivity index (χ0) is 9.19. The van der Waals surface area contributed by atoms with E-state index in [1.165, 1.54) is 0 Å². The van der Waals surface area contributed by atoms with Gasteiger partial charge >= 0.3 is 5.97 Å². The molecule has 0 aromatic heterocycles. The zero-order valence-corrected chi connectivity index (χ0v) is 8.69. The van der Waals surface area contributed by atoms with Gasteiger partial charge in [-0.15, -0.1) is 12.4 Å². The van der Waals surface area contributed by atoms with E-state index in [4.69, 9.17) is 9.84 Å². The number of nitrogens with one attached hydrogen (secondary N) is 1. The van der Waals surface area contributed by atoms with Crippen LogP contribution in [0.2, 0.25) is 0 Å². The van der Waals surface area contributed by atoms with Crippen LogP contribution in [0.4, 0.5) is 0 Å². The van der Waals surface area contributed by atoms with Gasteiger partial charge in [0.25, 0.3) is 0 Å². The van der Waals surface area contributed by atoms with Crippen LogP contribution in [0, 0.1) is 0 Å². The molecule has 78 valence electrons. The Labute approximate surface area is 84.1 Å². The average molecular weight is 210 g/mol. The number of hydrogen-bond acceptors (Lipinski definition) is 3. The monoisotopic (exact) mass is 209 g/mol. The summed E-state index contributed by atoms with van der Waals surface area (Å²) in [7, 11) is 0. The Balaban J connectivity index is 0.00000144. The number of morpholine rings is 1. The maximum absolute atomic E-state index is 10.3. The first-order chi connectivity index (χ1) is 5.49. The molecule has 1 saturated heterocycles. The summed E-state index contributed by atoms with van der Waals surface area (Å²) in [5.41, 5.74) is -0.0188. The molecular weight excluding hydrogens is 194 g/mol. The van der Waals surface area contributed by atoms with E-state index in [9.17, 15) is 4.79 Å². The molecule has 0 radical (unpaired) electrons. The number of carboxylic acid groups (broad SMARTS) is 1. The van der Waals surface area contributed by atoms with Crippen molar-refractivity contribution in [3.8, 4) is 0 Å². The highest BCUT2D eigenvalue weighted by molar-refractivity contribution is 5.85. The fourth-order valence-corrected chi connectivity index (χ4v) is 1.15. The van der Waals surface area contributed by atoms with E-state index in [2.05, 4.69) is 5.32 Å². The van der Waals surface area contributed by atoms with Crippen molar-refractivity contribution in [3.05, 3.63) is 0 Å². The number of hydrogen-bond donors (Lipinski definition) is 2. The first-order valence-corrected chi connectivity index (χ1v) is 4.08. The van der Waals surface area contributed by atoms with Crippen molar-refractivity contribution in [2.75, 3.05) is 13.2 Å². The Morgan fingerprint density at radius 2 is 2.31 bits per heavy atom. The summed E-state index contributed by atoms with van der Waals surface area (Å²) in [6, 6.07) is 0. The van der Waals surface area contributed by atoms with E-state index in [0.29, 0.717) is 13.2 Å². The Hall–Kier alpha value is -0.320. The Kier molecular flexibility index (Phi) is 4.67. The van der Waals surface area contributed by atoms with Gasteiger partial charge in [-0.1, -0.05) is 0 Å². The fraction of sp³-hybridized carbons (Fsp3) is 0.875. The predicted molar refractivity (Wildman–Crippen MR) is 51.3 cm³/mol. The summed E-state index contributed by atoms with van der Waals surface area (Å²) in [5, 5.41) is 11.7. The summed E-state index contributed by atoms with van der Waals surface area (Å²) < 4.78 is 5.36. The fourth-order valence-electron chi connectivity index (χ4n) is 1.15. The van der Waals surface area contributed by atoms with Crippen molar-refractivity contribution in [3.63, 3.8) is 0 Å². The molecule has 1 atom stereocenters. The van der Waals surface area contributed by atoms with E-state index < -0.39 is 5.97 Å². The van der Waals surface area contributed by atoms with Gasteiger partial charge < -0.3 is 15.2 Å². The van der Waals surface area contributed by atoms with Gasteiger partial charge in [0.1, 0.15) is 0 Å². The standard InChI is InChI=1S/C8H15NO3.ClH/c1-8(2)5-12-6(4-9-8)3-7(10)11;/h6,9H,3-5H2,1-2H3,(H,10,11);1H. The second kappa shape index (κ2) is 4.79. The Morgan fingerprint density at radius 1 is 1.69 bits per heavy atom. The van der Waals surface area contributed by atoms with Crippen molar-refractivity contribution < 1.29 is 14.6 Å². The summed E-state index contributed by atoms with van der Waals surface area (Å²) in [6.07, 6.45) is -0.0844. The van der Waals surface area contributed by atoms with Crippen LogP contribution in [0.5, 0.6) is 0 Å². The smallest absolute Gasteiger partial charge is 0.306 e. The van der Waals surface area contributed by atoms with Crippen LogP contribution in [0.15, 0.2) is 0 Å². The third kappa shape index (κ3) is 4.45. The second-order valence-electron chi connectivity index (χ2n) is 3.80. The lowest BCUT2D eigenvalue weighted by Crippen LogP contribution is -2.53. The largest absolute Gasteiger partial charge is 0.481 e. The van der Waals surface area contributed by atoms with Crippen LogP contribution in [-0.4, -0.2) is 35.9 Å².